The van der Waals surface area contributed by atoms with Crippen LogP contribution in [0.5, 0.6) is 0 Å². The summed E-state index contributed by atoms with van der Waals surface area (Å²) in [5, 5.41) is 9.41. The van der Waals surface area contributed by atoms with Crippen molar-refractivity contribution in [3.05, 3.63) is 21.8 Å². The van der Waals surface area contributed by atoms with E-state index >= 15 is 0 Å². The molecule has 4 heteroatoms. The van der Waals surface area contributed by atoms with Crippen LogP contribution in [-0.4, -0.2) is 24.3 Å². The van der Waals surface area contributed by atoms with Gasteiger partial charge in [-0.25, -0.2) is 4.79 Å². The quantitative estimate of drug-likeness (QED) is 0.368. The standard InChI is InChI=1S/C8H11IO3/c1-5(2)7(10)6(4-9)8(11)12-3/h4,7,10H,1H2,2-3H3/b6-4-. The van der Waals surface area contributed by atoms with Crippen LogP contribution in [0, 0.1) is 0 Å². The Balaban J connectivity index is 4.58. The maximum absolute atomic E-state index is 11.0. The van der Waals surface area contributed by atoms with E-state index in [-0.39, 0.29) is 5.57 Å². The Morgan fingerprint density at radius 1 is 1.75 bits per heavy atom. The van der Waals surface area contributed by atoms with Gasteiger partial charge < -0.3 is 9.84 Å². The second-order valence-electron chi connectivity index (χ2n) is 2.30. The molecule has 0 aromatic heterocycles. The minimum Gasteiger partial charge on any atom is -0.466 e. The van der Waals surface area contributed by atoms with Crippen molar-refractivity contribution in [1.82, 2.24) is 0 Å². The van der Waals surface area contributed by atoms with Crippen LogP contribution in [0.4, 0.5) is 0 Å². The summed E-state index contributed by atoms with van der Waals surface area (Å²) in [6.07, 6.45) is -0.936. The number of carbonyl (C=O) groups is 1. The van der Waals surface area contributed by atoms with E-state index in [2.05, 4.69) is 11.3 Å². The van der Waals surface area contributed by atoms with Crippen molar-refractivity contribution >= 4 is 28.6 Å². The number of esters is 1. The molecule has 1 atom stereocenters. The van der Waals surface area contributed by atoms with Crippen molar-refractivity contribution in [3.8, 4) is 0 Å². The SMILES string of the molecule is C=C(C)C(O)/C(=C/I)C(=O)OC. The normalized spacial score (nSPS) is 13.8. The molecule has 0 aromatic rings. The fourth-order valence-corrected chi connectivity index (χ4v) is 1.19. The molecule has 0 spiro atoms. The van der Waals surface area contributed by atoms with Gasteiger partial charge in [-0.15, -0.1) is 0 Å². The third kappa shape index (κ3) is 2.94. The van der Waals surface area contributed by atoms with E-state index in [9.17, 15) is 9.90 Å². The Bertz CT molecular complexity index is 220. The molecule has 1 unspecified atom stereocenters. The average molecular weight is 282 g/mol. The number of carbonyl (C=O) groups excluding carboxylic acids is 1. The topological polar surface area (TPSA) is 46.5 Å². The summed E-state index contributed by atoms with van der Waals surface area (Å²) < 4.78 is 5.95. The Labute approximate surface area is 85.2 Å². The molecule has 1 N–H and O–H groups in total. The predicted octanol–water partition coefficient (Wildman–Crippen LogP) is 1.42. The zero-order chi connectivity index (χ0) is 9.72. The zero-order valence-corrected chi connectivity index (χ0v) is 9.16. The van der Waals surface area contributed by atoms with Crippen molar-refractivity contribution in [1.29, 1.82) is 0 Å². The van der Waals surface area contributed by atoms with Crippen LogP contribution in [0.3, 0.4) is 0 Å². The van der Waals surface area contributed by atoms with Crippen LogP contribution in [0.25, 0.3) is 0 Å². The molecule has 0 aliphatic heterocycles. The molecule has 0 radical (unpaired) electrons. The van der Waals surface area contributed by atoms with Gasteiger partial charge in [0.1, 0.15) is 6.10 Å². The van der Waals surface area contributed by atoms with Crippen LogP contribution in [0.1, 0.15) is 6.92 Å². The van der Waals surface area contributed by atoms with E-state index in [0.717, 1.165) is 0 Å². The van der Waals surface area contributed by atoms with E-state index in [0.29, 0.717) is 5.57 Å². The van der Waals surface area contributed by atoms with E-state index in [1.54, 1.807) is 6.92 Å². The van der Waals surface area contributed by atoms with E-state index in [1.807, 2.05) is 22.6 Å². The molecule has 0 saturated heterocycles. The first-order valence-electron chi connectivity index (χ1n) is 3.26. The molecule has 0 bridgehead atoms. The third-order valence-electron chi connectivity index (χ3n) is 1.30. The maximum atomic E-state index is 11.0. The van der Waals surface area contributed by atoms with Gasteiger partial charge in [-0.05, 0) is 16.6 Å². The molecule has 3 nitrogen and oxygen atoms in total. The number of hydrogen-bond acceptors (Lipinski definition) is 3. The first-order valence-corrected chi connectivity index (χ1v) is 4.51. The lowest BCUT2D eigenvalue weighted by Crippen LogP contribution is -2.19. The first kappa shape index (κ1) is 11.6. The minimum atomic E-state index is -0.936. The Hall–Kier alpha value is -0.360. The molecule has 12 heavy (non-hydrogen) atoms. The molecule has 0 aromatic carbocycles. The molecule has 0 aliphatic rings. The molecule has 0 heterocycles. The van der Waals surface area contributed by atoms with Gasteiger partial charge in [0.2, 0.25) is 0 Å². The number of ether oxygens (including phenoxy) is 1. The van der Waals surface area contributed by atoms with Crippen molar-refractivity contribution in [3.63, 3.8) is 0 Å². The van der Waals surface area contributed by atoms with Gasteiger partial charge in [-0.1, -0.05) is 29.2 Å². The number of aliphatic hydroxyl groups is 1. The summed E-state index contributed by atoms with van der Waals surface area (Å²) in [5.41, 5.74) is 0.730. The smallest absolute Gasteiger partial charge is 0.337 e. The van der Waals surface area contributed by atoms with Crippen LogP contribution in [-0.2, 0) is 9.53 Å². The molecular formula is C8H11IO3. The molecule has 0 rings (SSSR count). The molecule has 0 saturated carbocycles. The second kappa shape index (κ2) is 5.31. The molecule has 68 valence electrons. The summed E-state index contributed by atoms with van der Waals surface area (Å²) in [5.74, 6) is -0.528. The lowest BCUT2D eigenvalue weighted by atomic mass is 10.1. The van der Waals surface area contributed by atoms with Crippen molar-refractivity contribution in [2.75, 3.05) is 7.11 Å². The van der Waals surface area contributed by atoms with E-state index in [4.69, 9.17) is 0 Å². The van der Waals surface area contributed by atoms with Gasteiger partial charge in [-0.2, -0.15) is 0 Å². The molecule has 0 amide bonds. The number of methoxy groups -OCH3 is 1. The van der Waals surface area contributed by atoms with Gasteiger partial charge in [0, 0.05) is 0 Å². The van der Waals surface area contributed by atoms with Crippen LogP contribution in [0.15, 0.2) is 21.8 Å². The Morgan fingerprint density at radius 3 is 2.50 bits per heavy atom. The summed E-state index contributed by atoms with van der Waals surface area (Å²) in [4.78, 5) is 11.0. The predicted molar refractivity (Wildman–Crippen MR) is 54.9 cm³/mol. The van der Waals surface area contributed by atoms with Crippen LogP contribution >= 0.6 is 22.6 Å². The highest BCUT2D eigenvalue weighted by Gasteiger charge is 2.18. The highest BCUT2D eigenvalue weighted by molar-refractivity contribution is 14.1. The highest BCUT2D eigenvalue weighted by atomic mass is 127. The summed E-state index contributed by atoms with van der Waals surface area (Å²) in [7, 11) is 1.27. The van der Waals surface area contributed by atoms with Gasteiger partial charge in [0.15, 0.2) is 0 Å². The van der Waals surface area contributed by atoms with Crippen molar-refractivity contribution in [2.45, 2.75) is 13.0 Å². The minimum absolute atomic E-state index is 0.214. The second-order valence-corrected chi connectivity index (χ2v) is 2.93. The lowest BCUT2D eigenvalue weighted by Gasteiger charge is -2.11. The number of aliphatic hydroxyl groups excluding tert-OH is 1. The maximum Gasteiger partial charge on any atom is 0.337 e. The zero-order valence-electron chi connectivity index (χ0n) is 7.00. The largest absolute Gasteiger partial charge is 0.466 e. The van der Waals surface area contributed by atoms with Crippen LogP contribution in [0.2, 0.25) is 0 Å². The van der Waals surface area contributed by atoms with E-state index in [1.165, 1.54) is 11.2 Å². The first-order chi connectivity index (χ1) is 5.54. The van der Waals surface area contributed by atoms with Gasteiger partial charge >= 0.3 is 5.97 Å². The fourth-order valence-electron chi connectivity index (χ4n) is 0.599. The third-order valence-corrected chi connectivity index (χ3v) is 1.97. The van der Waals surface area contributed by atoms with Gasteiger partial charge in [0.05, 0.1) is 12.7 Å². The number of halogens is 1. The van der Waals surface area contributed by atoms with Crippen molar-refractivity contribution in [2.24, 2.45) is 0 Å². The molecular weight excluding hydrogens is 271 g/mol. The number of hydrogen-bond donors (Lipinski definition) is 1. The monoisotopic (exact) mass is 282 g/mol. The number of rotatable bonds is 3. The Morgan fingerprint density at radius 2 is 2.25 bits per heavy atom. The van der Waals surface area contributed by atoms with Gasteiger partial charge in [-0.3, -0.25) is 0 Å². The molecule has 0 fully saturated rings. The summed E-state index contributed by atoms with van der Waals surface area (Å²) in [6.45, 7) is 5.19. The summed E-state index contributed by atoms with van der Waals surface area (Å²) >= 11 is 1.87. The summed E-state index contributed by atoms with van der Waals surface area (Å²) in [6, 6.07) is 0. The lowest BCUT2D eigenvalue weighted by molar-refractivity contribution is -0.137. The average Bonchev–Trinajstić information content (AvgIpc) is 2.05. The fraction of sp³-hybridized carbons (Fsp3) is 0.375. The molecule has 0 aliphatic carbocycles. The Kier molecular flexibility index (Phi) is 5.16. The van der Waals surface area contributed by atoms with E-state index < -0.39 is 12.1 Å². The van der Waals surface area contributed by atoms with Crippen LogP contribution < -0.4 is 0 Å². The highest BCUT2D eigenvalue weighted by Crippen LogP contribution is 2.13. The van der Waals surface area contributed by atoms with Gasteiger partial charge in [0.25, 0.3) is 0 Å². The van der Waals surface area contributed by atoms with Crippen molar-refractivity contribution < 1.29 is 14.6 Å².